The highest BCUT2D eigenvalue weighted by Gasteiger charge is 2.25. The van der Waals surface area contributed by atoms with Crippen molar-refractivity contribution in [3.63, 3.8) is 0 Å². The lowest BCUT2D eigenvalue weighted by atomic mass is 10.1. The number of rotatable bonds is 6. The van der Waals surface area contributed by atoms with Crippen molar-refractivity contribution in [1.82, 2.24) is 15.4 Å². The second kappa shape index (κ2) is 9.11. The molecule has 1 fully saturated rings. The van der Waals surface area contributed by atoms with Crippen LogP contribution in [0.2, 0.25) is 0 Å². The SMILES string of the molecule is CN(CCCc1cc(-c2ccccc2)no1)C(=O)C1CSCN1.Cl. The number of carbonyl (C=O) groups is 1. The van der Waals surface area contributed by atoms with Crippen LogP contribution in [0.3, 0.4) is 0 Å². The van der Waals surface area contributed by atoms with Gasteiger partial charge in [-0.05, 0) is 6.42 Å². The minimum atomic E-state index is -0.0278. The van der Waals surface area contributed by atoms with Crippen molar-refractivity contribution in [2.24, 2.45) is 0 Å². The maximum atomic E-state index is 12.2. The third kappa shape index (κ3) is 4.75. The number of aromatic nitrogens is 1. The molecule has 1 amide bonds. The standard InChI is InChI=1S/C17H21N3O2S.ClH/c1-20(17(21)16-11-23-12-18-16)9-5-8-14-10-15(19-22-14)13-6-3-2-4-7-13;/h2-4,6-7,10,16,18H,5,8-9,11-12H2,1H3;1H. The van der Waals surface area contributed by atoms with Gasteiger partial charge in [0.2, 0.25) is 5.91 Å². The Bertz CT molecular complexity index is 644. The normalized spacial score (nSPS) is 16.6. The van der Waals surface area contributed by atoms with Crippen molar-refractivity contribution in [3.8, 4) is 11.3 Å². The van der Waals surface area contributed by atoms with Gasteiger partial charge >= 0.3 is 0 Å². The maximum Gasteiger partial charge on any atom is 0.240 e. The number of amides is 1. The lowest BCUT2D eigenvalue weighted by Crippen LogP contribution is -2.43. The Balaban J connectivity index is 0.00000208. The molecule has 1 atom stereocenters. The molecule has 7 heteroatoms. The summed E-state index contributed by atoms with van der Waals surface area (Å²) in [6.45, 7) is 0.725. The average Bonchev–Trinajstić information content (AvgIpc) is 3.27. The van der Waals surface area contributed by atoms with Gasteiger partial charge in [-0.15, -0.1) is 24.2 Å². The minimum absolute atomic E-state index is 0. The van der Waals surface area contributed by atoms with Crippen LogP contribution in [0.1, 0.15) is 12.2 Å². The zero-order chi connectivity index (χ0) is 16.1. The first kappa shape index (κ1) is 18.8. The first-order valence-corrected chi connectivity index (χ1v) is 8.96. The molecular formula is C17H22ClN3O2S. The molecule has 1 saturated heterocycles. The van der Waals surface area contributed by atoms with Crippen molar-refractivity contribution >= 4 is 30.1 Å². The minimum Gasteiger partial charge on any atom is -0.361 e. The highest BCUT2D eigenvalue weighted by Crippen LogP contribution is 2.19. The number of halogens is 1. The van der Waals surface area contributed by atoms with Crippen molar-refractivity contribution in [3.05, 3.63) is 42.2 Å². The average molecular weight is 368 g/mol. The number of thioether (sulfide) groups is 1. The molecule has 24 heavy (non-hydrogen) atoms. The van der Waals surface area contributed by atoms with E-state index in [0.717, 1.165) is 48.0 Å². The smallest absolute Gasteiger partial charge is 0.240 e. The van der Waals surface area contributed by atoms with Crippen LogP contribution in [0.25, 0.3) is 11.3 Å². The number of carbonyl (C=O) groups excluding carboxylic acids is 1. The van der Waals surface area contributed by atoms with Gasteiger partial charge in [-0.25, -0.2) is 0 Å². The van der Waals surface area contributed by atoms with Crippen LogP contribution in [0.5, 0.6) is 0 Å². The largest absolute Gasteiger partial charge is 0.361 e. The van der Waals surface area contributed by atoms with E-state index in [-0.39, 0.29) is 24.4 Å². The van der Waals surface area contributed by atoms with Gasteiger partial charge in [0.05, 0.1) is 6.04 Å². The number of benzene rings is 1. The van der Waals surface area contributed by atoms with E-state index in [0.29, 0.717) is 0 Å². The fourth-order valence-corrected chi connectivity index (χ4v) is 3.53. The molecule has 1 unspecified atom stereocenters. The molecule has 2 heterocycles. The molecule has 0 saturated carbocycles. The van der Waals surface area contributed by atoms with Gasteiger partial charge in [0, 0.05) is 43.3 Å². The van der Waals surface area contributed by atoms with E-state index in [9.17, 15) is 4.79 Å². The van der Waals surface area contributed by atoms with E-state index in [1.807, 2.05) is 43.4 Å². The van der Waals surface area contributed by atoms with Crippen LogP contribution in [-0.2, 0) is 11.2 Å². The quantitative estimate of drug-likeness (QED) is 0.850. The summed E-state index contributed by atoms with van der Waals surface area (Å²) < 4.78 is 5.39. The van der Waals surface area contributed by atoms with Crippen LogP contribution in [0, 0.1) is 0 Å². The summed E-state index contributed by atoms with van der Waals surface area (Å²) in [7, 11) is 1.86. The zero-order valence-corrected chi connectivity index (χ0v) is 15.2. The van der Waals surface area contributed by atoms with E-state index in [1.54, 1.807) is 16.7 Å². The summed E-state index contributed by atoms with van der Waals surface area (Å²) in [5.74, 6) is 2.77. The molecule has 0 bridgehead atoms. The summed E-state index contributed by atoms with van der Waals surface area (Å²) in [5.41, 5.74) is 1.91. The molecule has 3 rings (SSSR count). The molecule has 0 aliphatic carbocycles. The number of hydrogen-bond donors (Lipinski definition) is 1. The number of hydrogen-bond acceptors (Lipinski definition) is 5. The molecule has 1 N–H and O–H groups in total. The third-order valence-corrected chi connectivity index (χ3v) is 4.88. The Labute approximate surface area is 152 Å². The maximum absolute atomic E-state index is 12.2. The Morgan fingerprint density at radius 3 is 2.92 bits per heavy atom. The summed E-state index contributed by atoms with van der Waals surface area (Å²) >= 11 is 1.77. The molecule has 5 nitrogen and oxygen atoms in total. The molecule has 1 aromatic heterocycles. The highest BCUT2D eigenvalue weighted by molar-refractivity contribution is 7.99. The van der Waals surface area contributed by atoms with Gasteiger partial charge in [-0.1, -0.05) is 35.5 Å². The Kier molecular flexibility index (Phi) is 7.15. The van der Waals surface area contributed by atoms with Gasteiger partial charge in [-0.3, -0.25) is 10.1 Å². The number of nitrogens with one attached hydrogen (secondary N) is 1. The highest BCUT2D eigenvalue weighted by atomic mass is 35.5. The predicted molar refractivity (Wildman–Crippen MR) is 99.4 cm³/mol. The number of nitrogens with zero attached hydrogens (tertiary/aromatic N) is 2. The van der Waals surface area contributed by atoms with Gasteiger partial charge in [0.15, 0.2) is 0 Å². The first-order valence-electron chi connectivity index (χ1n) is 7.81. The lowest BCUT2D eigenvalue weighted by molar-refractivity contribution is -0.131. The molecular weight excluding hydrogens is 346 g/mol. The Hall–Kier alpha value is -1.50. The van der Waals surface area contributed by atoms with Crippen LogP contribution in [0.15, 0.2) is 40.9 Å². The van der Waals surface area contributed by atoms with Crippen LogP contribution in [-0.4, -0.2) is 47.2 Å². The summed E-state index contributed by atoms with van der Waals surface area (Å²) in [6.07, 6.45) is 1.65. The second-order valence-electron chi connectivity index (χ2n) is 5.68. The van der Waals surface area contributed by atoms with Crippen molar-refractivity contribution in [2.75, 3.05) is 25.2 Å². The number of aryl methyl sites for hydroxylation is 1. The van der Waals surface area contributed by atoms with Gasteiger partial charge in [-0.2, -0.15) is 0 Å². The first-order chi connectivity index (χ1) is 11.2. The van der Waals surface area contributed by atoms with E-state index in [2.05, 4.69) is 10.5 Å². The van der Waals surface area contributed by atoms with Gasteiger partial charge in [0.1, 0.15) is 11.5 Å². The molecule has 1 aromatic carbocycles. The van der Waals surface area contributed by atoms with E-state index >= 15 is 0 Å². The third-order valence-electron chi connectivity index (χ3n) is 3.94. The van der Waals surface area contributed by atoms with E-state index in [1.165, 1.54) is 0 Å². The summed E-state index contributed by atoms with van der Waals surface area (Å²) in [6, 6.07) is 11.9. The zero-order valence-electron chi connectivity index (χ0n) is 13.6. The lowest BCUT2D eigenvalue weighted by Gasteiger charge is -2.20. The summed E-state index contributed by atoms with van der Waals surface area (Å²) in [5, 5.41) is 7.32. The topological polar surface area (TPSA) is 58.4 Å². The Morgan fingerprint density at radius 1 is 1.42 bits per heavy atom. The van der Waals surface area contributed by atoms with Crippen molar-refractivity contribution in [1.29, 1.82) is 0 Å². The molecule has 0 radical (unpaired) electrons. The van der Waals surface area contributed by atoms with Crippen molar-refractivity contribution < 1.29 is 9.32 Å². The second-order valence-corrected chi connectivity index (χ2v) is 6.71. The van der Waals surface area contributed by atoms with Crippen molar-refractivity contribution in [2.45, 2.75) is 18.9 Å². The van der Waals surface area contributed by atoms with E-state index in [4.69, 9.17) is 4.52 Å². The molecule has 1 aliphatic heterocycles. The van der Waals surface area contributed by atoms with Gasteiger partial charge in [0.25, 0.3) is 0 Å². The molecule has 2 aromatic rings. The fourth-order valence-electron chi connectivity index (χ4n) is 2.60. The molecule has 130 valence electrons. The van der Waals surface area contributed by atoms with Crippen LogP contribution >= 0.6 is 24.2 Å². The predicted octanol–water partition coefficient (Wildman–Crippen LogP) is 2.82. The van der Waals surface area contributed by atoms with Gasteiger partial charge < -0.3 is 9.42 Å². The van der Waals surface area contributed by atoms with Crippen LogP contribution in [0.4, 0.5) is 0 Å². The van der Waals surface area contributed by atoms with Crippen LogP contribution < -0.4 is 5.32 Å². The fraction of sp³-hybridized carbons (Fsp3) is 0.412. The molecule has 0 spiro atoms. The summed E-state index contributed by atoms with van der Waals surface area (Å²) in [4.78, 5) is 14.0. The van der Waals surface area contributed by atoms with E-state index < -0.39 is 0 Å². The molecule has 1 aliphatic rings. The number of likely N-dealkylation sites (N-methyl/N-ethyl adjacent to an activating group) is 1. The Morgan fingerprint density at radius 2 is 2.21 bits per heavy atom. The monoisotopic (exact) mass is 367 g/mol.